The number of carbonyl (C=O) groups excluding carboxylic acids is 1. The fraction of sp³-hybridized carbons (Fsp3) is 0.231. The van der Waals surface area contributed by atoms with Gasteiger partial charge < -0.3 is 15.2 Å². The van der Waals surface area contributed by atoms with Gasteiger partial charge in [0, 0.05) is 19.3 Å². The third-order valence-corrected chi connectivity index (χ3v) is 2.99. The van der Waals surface area contributed by atoms with Crippen molar-refractivity contribution in [3.05, 3.63) is 42.0 Å². The van der Waals surface area contributed by atoms with Gasteiger partial charge in [0.2, 0.25) is 5.95 Å². The molecule has 98 valence electrons. The number of anilines is 2. The van der Waals surface area contributed by atoms with Crippen LogP contribution in [0.15, 0.2) is 30.5 Å². The van der Waals surface area contributed by atoms with Crippen LogP contribution in [0.3, 0.4) is 0 Å². The van der Waals surface area contributed by atoms with Gasteiger partial charge in [-0.2, -0.15) is 0 Å². The highest BCUT2D eigenvalue weighted by atomic mass is 19.1. The molecule has 5 nitrogen and oxygen atoms in total. The number of aromatic nitrogens is 2. The molecule has 0 radical (unpaired) electrons. The van der Waals surface area contributed by atoms with Crippen LogP contribution in [0.1, 0.15) is 16.9 Å². The molecule has 1 aromatic carbocycles. The smallest absolute Gasteiger partial charge is 0.276 e. The van der Waals surface area contributed by atoms with Crippen molar-refractivity contribution in [2.75, 3.05) is 17.2 Å². The van der Waals surface area contributed by atoms with Gasteiger partial charge in [0.25, 0.3) is 5.91 Å². The lowest BCUT2D eigenvalue weighted by Gasteiger charge is -2.14. The lowest BCUT2D eigenvalue weighted by Crippen LogP contribution is -2.16. The molecule has 6 heteroatoms. The third-order valence-electron chi connectivity index (χ3n) is 2.99. The third kappa shape index (κ3) is 2.29. The van der Waals surface area contributed by atoms with Crippen LogP contribution in [0, 0.1) is 5.82 Å². The van der Waals surface area contributed by atoms with Gasteiger partial charge >= 0.3 is 0 Å². The summed E-state index contributed by atoms with van der Waals surface area (Å²) in [7, 11) is 0. The summed E-state index contributed by atoms with van der Waals surface area (Å²) < 4.78 is 15.3. The van der Waals surface area contributed by atoms with Crippen LogP contribution in [-0.2, 0) is 6.54 Å². The normalized spacial score (nSPS) is 13.5. The zero-order valence-corrected chi connectivity index (χ0v) is 10.2. The number of imidazole rings is 1. The molecule has 0 spiro atoms. The van der Waals surface area contributed by atoms with E-state index in [-0.39, 0.29) is 11.4 Å². The summed E-state index contributed by atoms with van der Waals surface area (Å²) in [6, 6.07) is 6.06. The minimum Gasteiger partial charge on any atom is -0.356 e. The van der Waals surface area contributed by atoms with E-state index >= 15 is 0 Å². The second-order valence-corrected chi connectivity index (χ2v) is 4.36. The van der Waals surface area contributed by atoms with Gasteiger partial charge in [-0.1, -0.05) is 12.1 Å². The number of rotatable bonds is 2. The molecule has 0 saturated carbocycles. The first kappa shape index (κ1) is 11.7. The zero-order valence-electron chi connectivity index (χ0n) is 10.2. The molecule has 0 saturated heterocycles. The molecule has 2 aromatic rings. The van der Waals surface area contributed by atoms with E-state index in [9.17, 15) is 9.18 Å². The van der Waals surface area contributed by atoms with E-state index in [0.29, 0.717) is 5.95 Å². The molecule has 3 rings (SSSR count). The van der Waals surface area contributed by atoms with Crippen LogP contribution in [0.5, 0.6) is 0 Å². The number of nitrogens with zero attached hydrogens (tertiary/aromatic N) is 2. The van der Waals surface area contributed by atoms with Gasteiger partial charge in [0.05, 0.1) is 5.69 Å². The number of para-hydroxylation sites is 1. The van der Waals surface area contributed by atoms with Crippen LogP contribution < -0.4 is 10.6 Å². The zero-order chi connectivity index (χ0) is 13.2. The van der Waals surface area contributed by atoms with Crippen LogP contribution in [-0.4, -0.2) is 22.0 Å². The molecule has 0 aliphatic carbocycles. The Bertz CT molecular complexity index is 599. The minimum absolute atomic E-state index is 0.159. The van der Waals surface area contributed by atoms with Crippen molar-refractivity contribution in [1.29, 1.82) is 0 Å². The van der Waals surface area contributed by atoms with Crippen LogP contribution in [0.4, 0.5) is 16.0 Å². The minimum atomic E-state index is -0.460. The topological polar surface area (TPSA) is 59.0 Å². The van der Waals surface area contributed by atoms with Crippen molar-refractivity contribution in [3.63, 3.8) is 0 Å². The maximum atomic E-state index is 13.4. The lowest BCUT2D eigenvalue weighted by atomic mass is 10.3. The Kier molecular flexibility index (Phi) is 2.91. The summed E-state index contributed by atoms with van der Waals surface area (Å²) in [5.74, 6) is -0.184. The molecule has 0 unspecified atom stereocenters. The lowest BCUT2D eigenvalue weighted by molar-refractivity contribution is 0.102. The van der Waals surface area contributed by atoms with Gasteiger partial charge in [-0.3, -0.25) is 4.79 Å². The summed E-state index contributed by atoms with van der Waals surface area (Å²) in [6.45, 7) is 1.69. The van der Waals surface area contributed by atoms with E-state index in [1.54, 1.807) is 18.3 Å². The predicted molar refractivity (Wildman–Crippen MR) is 69.7 cm³/mol. The number of amides is 1. The number of carbonyl (C=O) groups is 1. The van der Waals surface area contributed by atoms with Gasteiger partial charge in [-0.05, 0) is 18.6 Å². The van der Waals surface area contributed by atoms with Crippen molar-refractivity contribution in [2.45, 2.75) is 13.0 Å². The Balaban J connectivity index is 1.81. The Morgan fingerprint density at radius 2 is 2.26 bits per heavy atom. The summed E-state index contributed by atoms with van der Waals surface area (Å²) in [5, 5.41) is 5.63. The Hall–Kier alpha value is -2.37. The summed E-state index contributed by atoms with van der Waals surface area (Å²) in [5.41, 5.74) is 0.444. The van der Waals surface area contributed by atoms with Gasteiger partial charge in [-0.15, -0.1) is 0 Å². The number of hydrogen-bond acceptors (Lipinski definition) is 3. The summed E-state index contributed by atoms with van der Waals surface area (Å²) >= 11 is 0. The number of nitrogens with one attached hydrogen (secondary N) is 2. The second kappa shape index (κ2) is 4.72. The molecule has 1 amide bonds. The molecule has 19 heavy (non-hydrogen) atoms. The number of benzene rings is 1. The molecule has 0 fully saturated rings. The molecular weight excluding hydrogens is 247 g/mol. The molecular formula is C13H13FN4O. The van der Waals surface area contributed by atoms with E-state index in [1.165, 1.54) is 12.1 Å². The molecule has 2 N–H and O–H groups in total. The van der Waals surface area contributed by atoms with Crippen molar-refractivity contribution >= 4 is 17.5 Å². The maximum Gasteiger partial charge on any atom is 0.276 e. The number of halogens is 1. The number of fused-ring (bicyclic) bond motifs is 1. The summed E-state index contributed by atoms with van der Waals surface area (Å²) in [4.78, 5) is 16.2. The van der Waals surface area contributed by atoms with Crippen molar-refractivity contribution in [2.24, 2.45) is 0 Å². The highest BCUT2D eigenvalue weighted by Gasteiger charge is 2.17. The fourth-order valence-corrected chi connectivity index (χ4v) is 2.04. The Morgan fingerprint density at radius 3 is 3.05 bits per heavy atom. The molecule has 0 atom stereocenters. The average Bonchev–Trinajstić information content (AvgIpc) is 2.85. The van der Waals surface area contributed by atoms with E-state index in [0.717, 1.165) is 19.5 Å². The van der Waals surface area contributed by atoms with Crippen molar-refractivity contribution < 1.29 is 9.18 Å². The van der Waals surface area contributed by atoms with Crippen molar-refractivity contribution in [3.8, 4) is 0 Å². The summed E-state index contributed by atoms with van der Waals surface area (Å²) in [6.07, 6.45) is 2.68. The van der Waals surface area contributed by atoms with Crippen LogP contribution in [0.25, 0.3) is 0 Å². The second-order valence-electron chi connectivity index (χ2n) is 4.36. The average molecular weight is 260 g/mol. The van der Waals surface area contributed by atoms with Gasteiger partial charge in [-0.25, -0.2) is 9.37 Å². The predicted octanol–water partition coefficient (Wildman–Crippen LogP) is 2.09. The molecule has 2 heterocycles. The Morgan fingerprint density at radius 1 is 1.42 bits per heavy atom. The number of aryl methyl sites for hydroxylation is 1. The quantitative estimate of drug-likeness (QED) is 0.869. The standard InChI is InChI=1S/C13H13FN4O/c14-9-4-1-2-5-10(9)16-12(19)11-8-18-7-3-6-15-13(18)17-11/h1-2,4-5,8H,3,6-7H2,(H,15,17)(H,16,19). The van der Waals surface area contributed by atoms with E-state index in [4.69, 9.17) is 0 Å². The first-order valence-corrected chi connectivity index (χ1v) is 6.11. The molecule has 1 aliphatic heterocycles. The van der Waals surface area contributed by atoms with Crippen molar-refractivity contribution in [1.82, 2.24) is 9.55 Å². The molecule has 0 bridgehead atoms. The van der Waals surface area contributed by atoms with E-state index < -0.39 is 11.7 Å². The van der Waals surface area contributed by atoms with E-state index in [2.05, 4.69) is 15.6 Å². The van der Waals surface area contributed by atoms with Gasteiger partial charge in [0.1, 0.15) is 11.5 Å². The highest BCUT2D eigenvalue weighted by molar-refractivity contribution is 6.03. The first-order chi connectivity index (χ1) is 9.24. The Labute approximate surface area is 109 Å². The fourth-order valence-electron chi connectivity index (χ4n) is 2.04. The highest BCUT2D eigenvalue weighted by Crippen LogP contribution is 2.17. The SMILES string of the molecule is O=C(Nc1ccccc1F)c1cn2c(n1)NCCC2. The monoisotopic (exact) mass is 260 g/mol. The largest absolute Gasteiger partial charge is 0.356 e. The van der Waals surface area contributed by atoms with E-state index in [1.807, 2.05) is 4.57 Å². The molecule has 1 aliphatic rings. The molecule has 1 aromatic heterocycles. The van der Waals surface area contributed by atoms with Gasteiger partial charge in [0.15, 0.2) is 0 Å². The van der Waals surface area contributed by atoms with Crippen LogP contribution in [0.2, 0.25) is 0 Å². The maximum absolute atomic E-state index is 13.4. The van der Waals surface area contributed by atoms with Crippen LogP contribution >= 0.6 is 0 Å². The number of hydrogen-bond donors (Lipinski definition) is 2. The first-order valence-electron chi connectivity index (χ1n) is 6.11.